The Labute approximate surface area is 126 Å². The summed E-state index contributed by atoms with van der Waals surface area (Å²) in [5.41, 5.74) is 6.53. The van der Waals surface area contributed by atoms with E-state index in [4.69, 9.17) is 10.8 Å². The molecule has 1 amide bonds. The Balaban J connectivity index is 2.34. The van der Waals surface area contributed by atoms with E-state index in [0.29, 0.717) is 16.5 Å². The molecule has 0 spiro atoms. The molecule has 5 nitrogen and oxygen atoms in total. The van der Waals surface area contributed by atoms with Gasteiger partial charge in [0, 0.05) is 23.1 Å². The van der Waals surface area contributed by atoms with Crippen LogP contribution < -0.4 is 11.1 Å². The first-order valence-corrected chi connectivity index (χ1v) is 7.35. The molecule has 0 aliphatic rings. The van der Waals surface area contributed by atoms with Crippen LogP contribution in [0.2, 0.25) is 0 Å². The molecular weight excluding hydrogens is 324 g/mol. The van der Waals surface area contributed by atoms with Crippen molar-refractivity contribution in [1.29, 1.82) is 0 Å². The molecule has 0 aliphatic carbocycles. The number of halogens is 1. The number of primary amides is 1. The van der Waals surface area contributed by atoms with Crippen LogP contribution in [0.5, 0.6) is 0 Å². The molecule has 0 atom stereocenters. The number of hydrogen-bond donors (Lipinski definition) is 3. The van der Waals surface area contributed by atoms with E-state index in [2.05, 4.69) is 21.2 Å². The molecule has 0 saturated heterocycles. The normalized spacial score (nSPS) is 10.2. The summed E-state index contributed by atoms with van der Waals surface area (Å²) in [6, 6.07) is 5.43. The molecule has 0 fully saturated rings. The second-order valence-corrected chi connectivity index (χ2v) is 5.37. The molecule has 0 heterocycles. The largest absolute Gasteiger partial charge is 0.481 e. The Morgan fingerprint density at radius 1 is 1.20 bits per heavy atom. The zero-order valence-electron chi connectivity index (χ0n) is 11.2. The van der Waals surface area contributed by atoms with Crippen LogP contribution in [0.25, 0.3) is 0 Å². The van der Waals surface area contributed by atoms with Crippen LogP contribution >= 0.6 is 15.9 Å². The first-order valence-electron chi connectivity index (χ1n) is 6.56. The van der Waals surface area contributed by atoms with Gasteiger partial charge in [-0.3, -0.25) is 9.59 Å². The van der Waals surface area contributed by atoms with Crippen molar-refractivity contribution in [2.45, 2.75) is 32.1 Å². The second kappa shape index (κ2) is 8.58. The maximum Gasteiger partial charge on any atom is 0.303 e. The topological polar surface area (TPSA) is 92.4 Å². The van der Waals surface area contributed by atoms with E-state index < -0.39 is 11.9 Å². The zero-order chi connectivity index (χ0) is 15.0. The molecule has 110 valence electrons. The van der Waals surface area contributed by atoms with E-state index in [9.17, 15) is 9.59 Å². The fourth-order valence-corrected chi connectivity index (χ4v) is 2.46. The van der Waals surface area contributed by atoms with Crippen LogP contribution in [0.3, 0.4) is 0 Å². The third kappa shape index (κ3) is 5.61. The summed E-state index contributed by atoms with van der Waals surface area (Å²) < 4.78 is 0.677. The van der Waals surface area contributed by atoms with E-state index in [0.717, 1.165) is 31.5 Å². The molecule has 0 aliphatic heterocycles. The van der Waals surface area contributed by atoms with Gasteiger partial charge in [-0.05, 0) is 40.9 Å². The number of carbonyl (C=O) groups is 2. The van der Waals surface area contributed by atoms with Gasteiger partial charge < -0.3 is 16.2 Å². The lowest BCUT2D eigenvalue weighted by molar-refractivity contribution is -0.137. The van der Waals surface area contributed by atoms with Gasteiger partial charge in [0.15, 0.2) is 0 Å². The highest BCUT2D eigenvalue weighted by atomic mass is 79.9. The van der Waals surface area contributed by atoms with Gasteiger partial charge in [-0.15, -0.1) is 0 Å². The monoisotopic (exact) mass is 342 g/mol. The number of rotatable bonds is 9. The van der Waals surface area contributed by atoms with Crippen LogP contribution in [0, 0.1) is 0 Å². The molecule has 0 aromatic heterocycles. The van der Waals surface area contributed by atoms with Crippen molar-refractivity contribution in [2.24, 2.45) is 5.73 Å². The van der Waals surface area contributed by atoms with E-state index in [1.165, 1.54) is 0 Å². The number of carbonyl (C=O) groups excluding carboxylic acids is 1. The zero-order valence-corrected chi connectivity index (χ0v) is 12.8. The van der Waals surface area contributed by atoms with Crippen molar-refractivity contribution in [3.8, 4) is 0 Å². The highest BCUT2D eigenvalue weighted by Crippen LogP contribution is 2.24. The number of anilines is 1. The first kappa shape index (κ1) is 16.5. The van der Waals surface area contributed by atoms with Gasteiger partial charge in [-0.2, -0.15) is 0 Å². The number of benzene rings is 1. The predicted molar refractivity (Wildman–Crippen MR) is 81.9 cm³/mol. The van der Waals surface area contributed by atoms with Crippen molar-refractivity contribution < 1.29 is 14.7 Å². The van der Waals surface area contributed by atoms with Crippen LogP contribution in [-0.4, -0.2) is 23.5 Å². The quantitative estimate of drug-likeness (QED) is 0.601. The van der Waals surface area contributed by atoms with Crippen molar-refractivity contribution >= 4 is 33.5 Å². The molecule has 20 heavy (non-hydrogen) atoms. The average molecular weight is 343 g/mol. The molecule has 0 bridgehead atoms. The lowest BCUT2D eigenvalue weighted by atomic mass is 10.1. The van der Waals surface area contributed by atoms with E-state index >= 15 is 0 Å². The second-order valence-electron chi connectivity index (χ2n) is 4.51. The molecule has 4 N–H and O–H groups in total. The predicted octanol–water partition coefficient (Wildman–Crippen LogP) is 3.00. The lowest BCUT2D eigenvalue weighted by Gasteiger charge is -2.11. The summed E-state index contributed by atoms with van der Waals surface area (Å²) in [6.07, 6.45) is 3.71. The summed E-state index contributed by atoms with van der Waals surface area (Å²) >= 11 is 3.31. The maximum atomic E-state index is 11.4. The smallest absolute Gasteiger partial charge is 0.303 e. The summed E-state index contributed by atoms with van der Waals surface area (Å²) in [4.78, 5) is 21.7. The number of carboxylic acids is 1. The molecule has 1 rings (SSSR count). The van der Waals surface area contributed by atoms with Gasteiger partial charge in [-0.1, -0.05) is 18.9 Å². The molecule has 1 aromatic rings. The van der Waals surface area contributed by atoms with E-state index in [1.807, 2.05) is 12.1 Å². The Hall–Kier alpha value is -1.56. The minimum Gasteiger partial charge on any atom is -0.481 e. The van der Waals surface area contributed by atoms with Gasteiger partial charge in [0.2, 0.25) is 0 Å². The highest BCUT2D eigenvalue weighted by molar-refractivity contribution is 9.10. The Morgan fingerprint density at radius 3 is 2.55 bits per heavy atom. The third-order valence-corrected chi connectivity index (χ3v) is 3.55. The van der Waals surface area contributed by atoms with E-state index in [-0.39, 0.29) is 6.42 Å². The standard InChI is InChI=1S/C14H19BrN2O3/c15-10-6-5-7-11(13(10)14(16)20)17-9-4-2-1-3-8-12(18)19/h5-7,17H,1-4,8-9H2,(H2,16,20)(H,18,19). The van der Waals surface area contributed by atoms with Gasteiger partial charge >= 0.3 is 5.97 Å². The summed E-state index contributed by atoms with van der Waals surface area (Å²) in [5, 5.41) is 11.7. The van der Waals surface area contributed by atoms with Crippen molar-refractivity contribution in [3.05, 3.63) is 28.2 Å². The van der Waals surface area contributed by atoms with Gasteiger partial charge in [0.05, 0.1) is 5.56 Å². The summed E-state index contributed by atoms with van der Waals surface area (Å²) in [6.45, 7) is 0.726. The maximum absolute atomic E-state index is 11.4. The summed E-state index contributed by atoms with van der Waals surface area (Å²) in [7, 11) is 0. The summed E-state index contributed by atoms with van der Waals surface area (Å²) in [5.74, 6) is -1.22. The number of unbranched alkanes of at least 4 members (excludes halogenated alkanes) is 3. The highest BCUT2D eigenvalue weighted by Gasteiger charge is 2.11. The van der Waals surface area contributed by atoms with Crippen LogP contribution in [0.15, 0.2) is 22.7 Å². The minimum atomic E-state index is -0.747. The Kier molecular flexibility index (Phi) is 7.08. The molecule has 0 radical (unpaired) electrons. The van der Waals surface area contributed by atoms with Crippen molar-refractivity contribution in [2.75, 3.05) is 11.9 Å². The third-order valence-electron chi connectivity index (χ3n) is 2.89. The number of hydrogen-bond acceptors (Lipinski definition) is 3. The fourth-order valence-electron chi connectivity index (χ4n) is 1.90. The van der Waals surface area contributed by atoms with Gasteiger partial charge in [-0.25, -0.2) is 0 Å². The number of aliphatic carboxylic acids is 1. The van der Waals surface area contributed by atoms with Crippen molar-refractivity contribution in [1.82, 2.24) is 0 Å². The van der Waals surface area contributed by atoms with Crippen molar-refractivity contribution in [3.63, 3.8) is 0 Å². The molecule has 0 unspecified atom stereocenters. The van der Waals surface area contributed by atoms with Gasteiger partial charge in [0.1, 0.15) is 0 Å². The number of nitrogens with one attached hydrogen (secondary N) is 1. The number of amides is 1. The molecule has 6 heteroatoms. The molecular formula is C14H19BrN2O3. The Morgan fingerprint density at radius 2 is 1.90 bits per heavy atom. The van der Waals surface area contributed by atoms with Crippen LogP contribution in [0.4, 0.5) is 5.69 Å². The SMILES string of the molecule is NC(=O)c1c(Br)cccc1NCCCCCCC(=O)O. The molecule has 0 saturated carbocycles. The number of nitrogens with two attached hydrogens (primary N) is 1. The van der Waals surface area contributed by atoms with Crippen LogP contribution in [0.1, 0.15) is 42.5 Å². The Bertz CT molecular complexity index is 477. The molecule has 1 aromatic carbocycles. The lowest BCUT2D eigenvalue weighted by Crippen LogP contribution is -2.15. The van der Waals surface area contributed by atoms with E-state index in [1.54, 1.807) is 6.07 Å². The number of carboxylic acid groups (broad SMARTS) is 1. The minimum absolute atomic E-state index is 0.227. The first-order chi connectivity index (χ1) is 9.52. The average Bonchev–Trinajstić information content (AvgIpc) is 2.36. The van der Waals surface area contributed by atoms with Gasteiger partial charge in [0.25, 0.3) is 5.91 Å². The fraction of sp³-hybridized carbons (Fsp3) is 0.429. The van der Waals surface area contributed by atoms with Crippen LogP contribution in [-0.2, 0) is 4.79 Å².